The number of nitrogens with zero attached hydrogens (tertiary/aromatic N) is 4. The van der Waals surface area contributed by atoms with Gasteiger partial charge < -0.3 is 14.8 Å². The number of anilines is 1. The van der Waals surface area contributed by atoms with Gasteiger partial charge in [0.1, 0.15) is 11.6 Å². The summed E-state index contributed by atoms with van der Waals surface area (Å²) in [5.41, 5.74) is 2.04. The van der Waals surface area contributed by atoms with Crippen LogP contribution in [0, 0.1) is 19.8 Å². The molecule has 0 bridgehead atoms. The number of carbonyl (C=O) groups excluding carboxylic acids is 1. The third-order valence-electron chi connectivity index (χ3n) is 6.04. The first kappa shape index (κ1) is 18.7. The summed E-state index contributed by atoms with van der Waals surface area (Å²) >= 11 is 0. The smallest absolute Gasteiger partial charge is 0.254 e. The van der Waals surface area contributed by atoms with Gasteiger partial charge in [-0.1, -0.05) is 12.8 Å². The van der Waals surface area contributed by atoms with Crippen LogP contribution in [0.15, 0.2) is 23.1 Å². The second-order valence-corrected chi connectivity index (χ2v) is 7.82. The number of carbonyl (C=O) groups is 1. The van der Waals surface area contributed by atoms with E-state index in [1.54, 1.807) is 13.1 Å². The lowest BCUT2D eigenvalue weighted by Gasteiger charge is -2.36. The minimum absolute atomic E-state index is 0.116. The third-order valence-corrected chi connectivity index (χ3v) is 6.04. The first-order chi connectivity index (χ1) is 13.5. The summed E-state index contributed by atoms with van der Waals surface area (Å²) in [5.74, 6) is 2.02. The fourth-order valence-electron chi connectivity index (χ4n) is 4.08. The Labute approximate surface area is 164 Å². The molecule has 1 N–H and O–H groups in total. The molecular weight excluding hydrogens is 354 g/mol. The summed E-state index contributed by atoms with van der Waals surface area (Å²) in [5, 5.41) is 0. The molecule has 1 aliphatic carbocycles. The predicted octanol–water partition coefficient (Wildman–Crippen LogP) is 2.29. The van der Waals surface area contributed by atoms with Gasteiger partial charge in [-0.05, 0) is 38.8 Å². The number of hydrogen-bond donors (Lipinski definition) is 1. The maximum atomic E-state index is 12.6. The van der Waals surface area contributed by atoms with Crippen LogP contribution in [0.1, 0.15) is 36.9 Å². The number of aryl methyl sites for hydroxylation is 1. The topological polar surface area (TPSA) is 82.2 Å². The molecule has 28 heavy (non-hydrogen) atoms. The van der Waals surface area contributed by atoms with Crippen LogP contribution in [0.4, 0.5) is 5.82 Å². The van der Waals surface area contributed by atoms with E-state index in [1.165, 1.54) is 12.8 Å². The Kier molecular flexibility index (Phi) is 5.15. The Bertz CT molecular complexity index is 907. The van der Waals surface area contributed by atoms with Crippen molar-refractivity contribution >= 4 is 11.7 Å². The van der Waals surface area contributed by atoms with E-state index in [0.717, 1.165) is 56.1 Å². The third kappa shape index (κ3) is 3.66. The number of piperazine rings is 1. The van der Waals surface area contributed by atoms with Crippen LogP contribution in [0.2, 0.25) is 0 Å². The van der Waals surface area contributed by atoms with Crippen LogP contribution in [-0.2, 0) is 4.79 Å². The summed E-state index contributed by atoms with van der Waals surface area (Å²) in [4.78, 5) is 40.6. The molecule has 7 nitrogen and oxygen atoms in total. The molecule has 0 unspecified atom stereocenters. The minimum atomic E-state index is -0.116. The second-order valence-electron chi connectivity index (χ2n) is 7.82. The van der Waals surface area contributed by atoms with Gasteiger partial charge in [-0.15, -0.1) is 0 Å². The van der Waals surface area contributed by atoms with Gasteiger partial charge in [0, 0.05) is 55.1 Å². The summed E-state index contributed by atoms with van der Waals surface area (Å²) < 4.78 is 0. The molecule has 2 aromatic rings. The molecule has 0 spiro atoms. The zero-order valence-corrected chi connectivity index (χ0v) is 16.6. The molecule has 1 saturated carbocycles. The van der Waals surface area contributed by atoms with Crippen molar-refractivity contribution in [1.29, 1.82) is 0 Å². The van der Waals surface area contributed by atoms with E-state index in [4.69, 9.17) is 0 Å². The molecule has 0 radical (unpaired) electrons. The van der Waals surface area contributed by atoms with E-state index >= 15 is 0 Å². The number of pyridine rings is 1. The average Bonchev–Trinajstić information content (AvgIpc) is 3.26. The van der Waals surface area contributed by atoms with Gasteiger partial charge in [-0.25, -0.2) is 9.97 Å². The van der Waals surface area contributed by atoms with Crippen molar-refractivity contribution in [1.82, 2.24) is 19.9 Å². The van der Waals surface area contributed by atoms with Crippen molar-refractivity contribution in [2.24, 2.45) is 5.92 Å². The Balaban J connectivity index is 1.41. The number of aromatic amines is 1. The second kappa shape index (κ2) is 7.73. The summed E-state index contributed by atoms with van der Waals surface area (Å²) in [6, 6.07) is 3.89. The molecule has 4 rings (SSSR count). The molecule has 3 heterocycles. The first-order valence-electron chi connectivity index (χ1n) is 10.1. The molecule has 0 atom stereocenters. The Morgan fingerprint density at radius 3 is 2.43 bits per heavy atom. The maximum Gasteiger partial charge on any atom is 0.254 e. The normalized spacial score (nSPS) is 17.9. The van der Waals surface area contributed by atoms with Crippen LogP contribution in [0.25, 0.3) is 11.4 Å². The van der Waals surface area contributed by atoms with E-state index in [2.05, 4.69) is 19.9 Å². The Morgan fingerprint density at radius 2 is 1.82 bits per heavy atom. The summed E-state index contributed by atoms with van der Waals surface area (Å²) in [7, 11) is 0. The zero-order chi connectivity index (χ0) is 19.7. The van der Waals surface area contributed by atoms with E-state index in [1.807, 2.05) is 24.0 Å². The molecule has 2 aromatic heterocycles. The maximum absolute atomic E-state index is 12.6. The van der Waals surface area contributed by atoms with Gasteiger partial charge in [-0.3, -0.25) is 9.59 Å². The fraction of sp³-hybridized carbons (Fsp3) is 0.524. The molecule has 1 aliphatic heterocycles. The van der Waals surface area contributed by atoms with Crippen LogP contribution < -0.4 is 10.5 Å². The van der Waals surface area contributed by atoms with Crippen molar-refractivity contribution in [3.8, 4) is 11.4 Å². The highest BCUT2D eigenvalue weighted by atomic mass is 16.2. The van der Waals surface area contributed by atoms with Gasteiger partial charge in [0.25, 0.3) is 5.56 Å². The fourth-order valence-corrected chi connectivity index (χ4v) is 4.08. The molecule has 7 heteroatoms. The average molecular weight is 381 g/mol. The SMILES string of the molecule is Cc1nc(-c2ccc(N3CCN(C(=O)C4CCCC4)CC3)nc2)[nH]c(=O)c1C. The standard InChI is InChI=1S/C21H27N5O2/c1-14-15(2)23-19(24-20(14)27)17-7-8-18(22-13-17)25-9-11-26(12-10-25)21(28)16-5-3-4-6-16/h7-8,13,16H,3-6,9-12H2,1-2H3,(H,23,24,27). The number of H-pyrrole nitrogens is 1. The quantitative estimate of drug-likeness (QED) is 0.882. The van der Waals surface area contributed by atoms with Gasteiger partial charge in [0.2, 0.25) is 5.91 Å². The van der Waals surface area contributed by atoms with Crippen molar-refractivity contribution in [3.63, 3.8) is 0 Å². The Hall–Kier alpha value is -2.70. The molecule has 0 aromatic carbocycles. The number of amides is 1. The number of hydrogen-bond acceptors (Lipinski definition) is 5. The van der Waals surface area contributed by atoms with Crippen LogP contribution in [0.5, 0.6) is 0 Å². The highest BCUT2D eigenvalue weighted by Crippen LogP contribution is 2.27. The number of nitrogens with one attached hydrogen (secondary N) is 1. The summed E-state index contributed by atoms with van der Waals surface area (Å²) in [6.45, 7) is 6.70. The Morgan fingerprint density at radius 1 is 1.11 bits per heavy atom. The van der Waals surface area contributed by atoms with Crippen molar-refractivity contribution in [3.05, 3.63) is 39.9 Å². The van der Waals surface area contributed by atoms with E-state index < -0.39 is 0 Å². The highest BCUT2D eigenvalue weighted by Gasteiger charge is 2.29. The first-order valence-corrected chi connectivity index (χ1v) is 10.1. The van der Waals surface area contributed by atoms with Gasteiger partial charge in [-0.2, -0.15) is 0 Å². The van der Waals surface area contributed by atoms with E-state index in [0.29, 0.717) is 17.3 Å². The zero-order valence-electron chi connectivity index (χ0n) is 16.6. The van der Waals surface area contributed by atoms with Gasteiger partial charge >= 0.3 is 0 Å². The molecule has 2 fully saturated rings. The van der Waals surface area contributed by atoms with Gasteiger partial charge in [0.15, 0.2) is 0 Å². The lowest BCUT2D eigenvalue weighted by Crippen LogP contribution is -2.50. The molecule has 1 amide bonds. The van der Waals surface area contributed by atoms with E-state index in [-0.39, 0.29) is 11.5 Å². The van der Waals surface area contributed by atoms with Crippen LogP contribution >= 0.6 is 0 Å². The lowest BCUT2D eigenvalue weighted by atomic mass is 10.1. The molecule has 2 aliphatic rings. The van der Waals surface area contributed by atoms with Crippen LogP contribution in [-0.4, -0.2) is 51.9 Å². The van der Waals surface area contributed by atoms with Crippen molar-refractivity contribution < 1.29 is 4.79 Å². The molecular formula is C21H27N5O2. The van der Waals surface area contributed by atoms with Crippen molar-refractivity contribution in [2.45, 2.75) is 39.5 Å². The van der Waals surface area contributed by atoms with E-state index in [9.17, 15) is 9.59 Å². The lowest BCUT2D eigenvalue weighted by molar-refractivity contribution is -0.135. The van der Waals surface area contributed by atoms with Crippen molar-refractivity contribution in [2.75, 3.05) is 31.1 Å². The number of aromatic nitrogens is 3. The minimum Gasteiger partial charge on any atom is -0.353 e. The largest absolute Gasteiger partial charge is 0.353 e. The molecule has 148 valence electrons. The number of rotatable bonds is 3. The van der Waals surface area contributed by atoms with Gasteiger partial charge in [0.05, 0.1) is 0 Å². The van der Waals surface area contributed by atoms with Crippen LogP contribution in [0.3, 0.4) is 0 Å². The predicted molar refractivity (Wildman–Crippen MR) is 108 cm³/mol. The highest BCUT2D eigenvalue weighted by molar-refractivity contribution is 5.79. The summed E-state index contributed by atoms with van der Waals surface area (Å²) in [6.07, 6.45) is 6.23. The monoisotopic (exact) mass is 381 g/mol. The molecule has 1 saturated heterocycles.